The molecule has 1 aliphatic heterocycles. The molecule has 1 aromatic rings. The molecule has 17 heavy (non-hydrogen) atoms. The molecule has 0 aromatic carbocycles. The Morgan fingerprint density at radius 3 is 2.88 bits per heavy atom. The smallest absolute Gasteiger partial charge is 0.110 e. The fraction of sp³-hybridized carbons (Fsp3) is 0.727. The van der Waals surface area contributed by atoms with E-state index in [-0.39, 0.29) is 5.25 Å². The maximum absolute atomic E-state index is 10.5. The van der Waals surface area contributed by atoms with Crippen LogP contribution in [0, 0.1) is 0 Å². The number of aliphatic hydroxyl groups is 1. The van der Waals surface area contributed by atoms with Crippen molar-refractivity contribution in [1.29, 1.82) is 0 Å². The Morgan fingerprint density at radius 2 is 2.29 bits per heavy atom. The third kappa shape index (κ3) is 2.78. The molecule has 1 N–H and O–H groups in total. The second-order valence-electron chi connectivity index (χ2n) is 4.10. The van der Waals surface area contributed by atoms with Crippen molar-refractivity contribution < 1.29 is 5.11 Å². The van der Waals surface area contributed by atoms with E-state index >= 15 is 0 Å². The Hall–Kier alpha value is 0.160. The third-order valence-electron chi connectivity index (χ3n) is 3.02. The molecule has 0 amide bonds. The molecule has 1 fully saturated rings. The third-order valence-corrected chi connectivity index (χ3v) is 6.65. The molecule has 96 valence electrons. The van der Waals surface area contributed by atoms with Crippen LogP contribution in [0.15, 0.2) is 6.20 Å². The summed E-state index contributed by atoms with van der Waals surface area (Å²) in [5.41, 5.74) is 0.741. The number of hydrogen-bond donors (Lipinski definition) is 1. The maximum Gasteiger partial charge on any atom is 0.110 e. The molecule has 0 spiro atoms. The van der Waals surface area contributed by atoms with Crippen LogP contribution in [0.1, 0.15) is 25.1 Å². The lowest BCUT2D eigenvalue weighted by atomic mass is 10.1. The molecule has 0 aliphatic carbocycles. The number of thioether (sulfide) groups is 2. The van der Waals surface area contributed by atoms with Crippen LogP contribution in [0.2, 0.25) is 5.02 Å². The van der Waals surface area contributed by atoms with Gasteiger partial charge < -0.3 is 5.11 Å². The van der Waals surface area contributed by atoms with Crippen molar-refractivity contribution in [1.82, 2.24) is 9.78 Å². The lowest BCUT2D eigenvalue weighted by molar-refractivity contribution is 0.163. The lowest BCUT2D eigenvalue weighted by Crippen LogP contribution is -2.32. The second-order valence-corrected chi connectivity index (χ2v) is 7.14. The van der Waals surface area contributed by atoms with Gasteiger partial charge in [-0.3, -0.25) is 4.68 Å². The van der Waals surface area contributed by atoms with Crippen molar-refractivity contribution in [3.8, 4) is 0 Å². The fourth-order valence-corrected chi connectivity index (χ4v) is 5.53. The first-order valence-corrected chi connectivity index (χ1v) is 8.21. The summed E-state index contributed by atoms with van der Waals surface area (Å²) < 4.78 is 1.68. The number of nitrogens with zero attached hydrogens (tertiary/aromatic N) is 2. The van der Waals surface area contributed by atoms with Crippen LogP contribution in [0.5, 0.6) is 0 Å². The molecule has 0 radical (unpaired) electrons. The van der Waals surface area contributed by atoms with Crippen LogP contribution >= 0.6 is 35.1 Å². The Bertz CT molecular complexity index is 366. The number of halogens is 1. The number of aliphatic hydroxyl groups excluding tert-OH is 1. The number of hydrogen-bond acceptors (Lipinski definition) is 4. The highest BCUT2D eigenvalue weighted by Crippen LogP contribution is 2.41. The minimum absolute atomic E-state index is 0.214. The summed E-state index contributed by atoms with van der Waals surface area (Å²) in [4.78, 5) is 0. The predicted molar refractivity (Wildman–Crippen MR) is 76.0 cm³/mol. The van der Waals surface area contributed by atoms with Crippen LogP contribution in [0.4, 0.5) is 0 Å². The molecular formula is C11H17ClN2OS2. The summed E-state index contributed by atoms with van der Waals surface area (Å²) in [7, 11) is 1.83. The van der Waals surface area contributed by atoms with Gasteiger partial charge in [-0.25, -0.2) is 0 Å². The Morgan fingerprint density at radius 1 is 1.59 bits per heavy atom. The minimum Gasteiger partial charge on any atom is -0.386 e. The average Bonchev–Trinajstić information content (AvgIpc) is 2.68. The SMILES string of the molecule is CCC1SCCSC1C(O)c1c(Cl)cnn1C. The molecule has 1 saturated heterocycles. The van der Waals surface area contributed by atoms with E-state index in [1.165, 1.54) is 5.75 Å². The van der Waals surface area contributed by atoms with E-state index in [2.05, 4.69) is 12.0 Å². The topological polar surface area (TPSA) is 38.1 Å². The molecule has 0 bridgehead atoms. The number of rotatable bonds is 3. The van der Waals surface area contributed by atoms with Gasteiger partial charge in [0.2, 0.25) is 0 Å². The van der Waals surface area contributed by atoms with Gasteiger partial charge in [0.05, 0.1) is 16.9 Å². The van der Waals surface area contributed by atoms with Gasteiger partial charge in [-0.05, 0) is 6.42 Å². The summed E-state index contributed by atoms with van der Waals surface area (Å²) >= 11 is 9.89. The molecule has 1 aromatic heterocycles. The highest BCUT2D eigenvalue weighted by Gasteiger charge is 2.34. The van der Waals surface area contributed by atoms with Crippen LogP contribution < -0.4 is 0 Å². The van der Waals surface area contributed by atoms with Gasteiger partial charge in [0.1, 0.15) is 6.10 Å². The summed E-state index contributed by atoms with van der Waals surface area (Å²) in [5, 5.41) is 15.9. The normalized spacial score (nSPS) is 27.1. The van der Waals surface area contributed by atoms with Crippen molar-refractivity contribution in [3.63, 3.8) is 0 Å². The Kier molecular flexibility index (Phi) is 4.69. The molecule has 0 saturated carbocycles. The standard InChI is InChI=1S/C11H17ClN2OS2/c1-3-8-11(17-5-4-16-8)10(15)9-7(12)6-13-14(9)2/h6,8,10-11,15H,3-5H2,1-2H3. The summed E-state index contributed by atoms with van der Waals surface area (Å²) in [6, 6.07) is 0. The van der Waals surface area contributed by atoms with E-state index in [1.807, 2.05) is 30.6 Å². The monoisotopic (exact) mass is 292 g/mol. The highest BCUT2D eigenvalue weighted by atomic mass is 35.5. The van der Waals surface area contributed by atoms with E-state index < -0.39 is 6.10 Å². The first kappa shape index (κ1) is 13.6. The van der Waals surface area contributed by atoms with Gasteiger partial charge in [-0.15, -0.1) is 0 Å². The molecule has 2 rings (SSSR count). The van der Waals surface area contributed by atoms with Crippen molar-refractivity contribution in [2.45, 2.75) is 29.9 Å². The zero-order valence-electron chi connectivity index (χ0n) is 9.97. The molecule has 3 nitrogen and oxygen atoms in total. The molecule has 3 unspecified atom stereocenters. The summed E-state index contributed by atoms with van der Waals surface area (Å²) in [6.45, 7) is 2.17. The van der Waals surface area contributed by atoms with Crippen LogP contribution in [0.3, 0.4) is 0 Å². The van der Waals surface area contributed by atoms with Gasteiger partial charge in [-0.1, -0.05) is 18.5 Å². The summed E-state index contributed by atoms with van der Waals surface area (Å²) in [6.07, 6.45) is 2.15. The summed E-state index contributed by atoms with van der Waals surface area (Å²) in [5.74, 6) is 2.27. The van der Waals surface area contributed by atoms with Gasteiger partial charge >= 0.3 is 0 Å². The van der Waals surface area contributed by atoms with E-state index in [9.17, 15) is 5.11 Å². The second kappa shape index (κ2) is 5.87. The van der Waals surface area contributed by atoms with E-state index in [4.69, 9.17) is 11.6 Å². The van der Waals surface area contributed by atoms with Crippen LogP contribution in [-0.2, 0) is 7.05 Å². The van der Waals surface area contributed by atoms with Crippen molar-refractivity contribution in [2.24, 2.45) is 7.05 Å². The van der Waals surface area contributed by atoms with Crippen molar-refractivity contribution >= 4 is 35.1 Å². The first-order chi connectivity index (χ1) is 8.15. The fourth-order valence-electron chi connectivity index (χ4n) is 2.14. The average molecular weight is 293 g/mol. The van der Waals surface area contributed by atoms with Gasteiger partial charge in [0, 0.05) is 29.1 Å². The van der Waals surface area contributed by atoms with Gasteiger partial charge in [0.25, 0.3) is 0 Å². The van der Waals surface area contributed by atoms with E-state index in [1.54, 1.807) is 10.9 Å². The Balaban J connectivity index is 2.21. The number of aryl methyl sites for hydroxylation is 1. The zero-order valence-corrected chi connectivity index (χ0v) is 12.4. The van der Waals surface area contributed by atoms with Crippen LogP contribution in [-0.4, -0.2) is 36.9 Å². The lowest BCUT2D eigenvalue weighted by Gasteiger charge is -2.33. The maximum atomic E-state index is 10.5. The van der Waals surface area contributed by atoms with Crippen LogP contribution in [0.25, 0.3) is 0 Å². The van der Waals surface area contributed by atoms with E-state index in [0.29, 0.717) is 10.3 Å². The molecule has 3 atom stereocenters. The van der Waals surface area contributed by atoms with Crippen molar-refractivity contribution in [2.75, 3.05) is 11.5 Å². The Labute approximate surface area is 115 Å². The van der Waals surface area contributed by atoms with Gasteiger partial charge in [-0.2, -0.15) is 28.6 Å². The van der Waals surface area contributed by atoms with Gasteiger partial charge in [0.15, 0.2) is 0 Å². The molecular weight excluding hydrogens is 276 g/mol. The predicted octanol–water partition coefficient (Wildman–Crippen LogP) is 2.73. The van der Waals surface area contributed by atoms with Crippen molar-refractivity contribution in [3.05, 3.63) is 16.9 Å². The quantitative estimate of drug-likeness (QED) is 0.930. The molecule has 1 aliphatic rings. The molecule has 2 heterocycles. The van der Waals surface area contributed by atoms with E-state index in [0.717, 1.165) is 17.9 Å². The minimum atomic E-state index is -0.530. The number of aromatic nitrogens is 2. The largest absolute Gasteiger partial charge is 0.386 e. The first-order valence-electron chi connectivity index (χ1n) is 5.73. The highest BCUT2D eigenvalue weighted by molar-refractivity contribution is 8.07. The molecule has 6 heteroatoms. The zero-order chi connectivity index (χ0) is 12.4.